The number of nitrogens with zero attached hydrogens (tertiary/aromatic N) is 4. The van der Waals surface area contributed by atoms with Crippen LogP contribution in [0.1, 0.15) is 26.4 Å². The van der Waals surface area contributed by atoms with Crippen molar-refractivity contribution >= 4 is 33.8 Å². The second-order valence-corrected chi connectivity index (χ2v) is 6.83. The Bertz CT molecular complexity index is 833. The largest absolute Gasteiger partial charge is 0.281 e. The molecule has 8 heteroatoms. The maximum atomic E-state index is 12.3. The zero-order valence-corrected chi connectivity index (χ0v) is 14.8. The van der Waals surface area contributed by atoms with Crippen molar-refractivity contribution < 1.29 is 9.59 Å². The summed E-state index contributed by atoms with van der Waals surface area (Å²) in [5, 5.41) is 0.423. The van der Waals surface area contributed by atoms with E-state index < -0.39 is 0 Å². The molecule has 0 amide bonds. The smallest absolute Gasteiger partial charge is 0.228 e. The highest BCUT2D eigenvalue weighted by Crippen LogP contribution is 2.25. The molecule has 0 fully saturated rings. The van der Waals surface area contributed by atoms with Gasteiger partial charge < -0.3 is 0 Å². The summed E-state index contributed by atoms with van der Waals surface area (Å²) in [4.78, 5) is 40.9. The maximum Gasteiger partial charge on any atom is 0.228 e. The molecule has 0 radical (unpaired) electrons. The van der Waals surface area contributed by atoms with Gasteiger partial charge >= 0.3 is 0 Å². The number of pyridine rings is 2. The molecule has 0 aliphatic rings. The van der Waals surface area contributed by atoms with E-state index in [0.29, 0.717) is 27.0 Å². The first kappa shape index (κ1) is 17.2. The molecule has 0 aliphatic heterocycles. The Morgan fingerprint density at radius 2 is 1.48 bits per heavy atom. The summed E-state index contributed by atoms with van der Waals surface area (Å²) < 4.78 is 0. The van der Waals surface area contributed by atoms with Crippen LogP contribution in [-0.4, -0.2) is 30.2 Å². The van der Waals surface area contributed by atoms with Crippen molar-refractivity contribution in [3.63, 3.8) is 0 Å². The molecule has 3 aromatic heterocycles. The minimum absolute atomic E-state index is 0.166. The third kappa shape index (κ3) is 4.71. The van der Waals surface area contributed by atoms with Gasteiger partial charge in [0.15, 0.2) is 5.16 Å². The van der Waals surface area contributed by atoms with Crippen molar-refractivity contribution in [2.24, 2.45) is 0 Å². The van der Waals surface area contributed by atoms with E-state index in [-0.39, 0.29) is 10.2 Å². The lowest BCUT2D eigenvalue weighted by molar-refractivity contribution is 0.108. The molecular formula is C17H12N4O2S2. The zero-order chi connectivity index (χ0) is 17.6. The average Bonchev–Trinajstić information content (AvgIpc) is 2.62. The molecule has 0 aromatic carbocycles. The van der Waals surface area contributed by atoms with Crippen molar-refractivity contribution in [1.82, 2.24) is 19.9 Å². The molecule has 25 heavy (non-hydrogen) atoms. The number of hydrogen-bond acceptors (Lipinski definition) is 8. The van der Waals surface area contributed by atoms with Gasteiger partial charge in [-0.15, -0.1) is 0 Å². The van der Waals surface area contributed by atoms with Crippen LogP contribution in [-0.2, 0) is 0 Å². The van der Waals surface area contributed by atoms with Gasteiger partial charge in [-0.1, -0.05) is 0 Å². The molecule has 0 atom stereocenters. The fourth-order valence-electron chi connectivity index (χ4n) is 1.87. The van der Waals surface area contributed by atoms with Crippen LogP contribution in [0.5, 0.6) is 0 Å². The van der Waals surface area contributed by atoms with E-state index in [2.05, 4.69) is 19.9 Å². The Morgan fingerprint density at radius 1 is 0.880 bits per heavy atom. The average molecular weight is 368 g/mol. The number of carbonyl (C=O) groups excluding carboxylic acids is 2. The van der Waals surface area contributed by atoms with Gasteiger partial charge in [-0.2, -0.15) is 0 Å². The number of thioether (sulfide) groups is 2. The summed E-state index contributed by atoms with van der Waals surface area (Å²) in [6, 6.07) is 8.47. The summed E-state index contributed by atoms with van der Waals surface area (Å²) >= 11 is 1.89. The van der Waals surface area contributed by atoms with Gasteiger partial charge in [0, 0.05) is 41.6 Å². The normalized spacial score (nSPS) is 10.4. The van der Waals surface area contributed by atoms with E-state index in [4.69, 9.17) is 0 Å². The quantitative estimate of drug-likeness (QED) is 0.393. The zero-order valence-electron chi connectivity index (χ0n) is 13.1. The van der Waals surface area contributed by atoms with Crippen molar-refractivity contribution in [1.29, 1.82) is 0 Å². The van der Waals surface area contributed by atoms with E-state index in [1.165, 1.54) is 12.4 Å². The van der Waals surface area contributed by atoms with Crippen LogP contribution in [0.4, 0.5) is 0 Å². The fourth-order valence-corrected chi connectivity index (χ4v) is 3.46. The van der Waals surface area contributed by atoms with E-state index in [1.54, 1.807) is 49.6 Å². The van der Waals surface area contributed by atoms with Gasteiger partial charge in [0.25, 0.3) is 0 Å². The Labute approximate surface area is 152 Å². The third-order valence-electron chi connectivity index (χ3n) is 2.99. The summed E-state index contributed by atoms with van der Waals surface area (Å²) in [5.74, 6) is 0. The highest BCUT2D eigenvalue weighted by Gasteiger charge is 2.14. The first-order valence-corrected chi connectivity index (χ1v) is 8.85. The van der Waals surface area contributed by atoms with Crippen molar-refractivity contribution in [3.05, 3.63) is 71.9 Å². The second kappa shape index (κ2) is 8.00. The number of rotatable bonds is 4. The standard InChI is InChI=1S/C17H12N4O2S2/c1-11-8-14(24-15(22)12-4-2-6-18-9-12)21-17(20-11)25-16(23)13-5-3-7-19-10-13/h2-10H,1H3. The predicted molar refractivity (Wildman–Crippen MR) is 95.6 cm³/mol. The molecule has 0 spiro atoms. The molecular weight excluding hydrogens is 356 g/mol. The molecule has 3 heterocycles. The number of hydrogen-bond donors (Lipinski definition) is 0. The maximum absolute atomic E-state index is 12.3. The first-order chi connectivity index (χ1) is 12.1. The highest BCUT2D eigenvalue weighted by atomic mass is 32.2. The van der Waals surface area contributed by atoms with Gasteiger partial charge in [0.1, 0.15) is 5.03 Å². The fraction of sp³-hybridized carbons (Fsp3) is 0.0588. The lowest BCUT2D eigenvalue weighted by atomic mass is 10.3. The van der Waals surface area contributed by atoms with Gasteiger partial charge in [-0.3, -0.25) is 19.6 Å². The summed E-state index contributed by atoms with van der Waals surface area (Å²) in [6.45, 7) is 1.79. The van der Waals surface area contributed by atoms with Crippen LogP contribution in [0.3, 0.4) is 0 Å². The van der Waals surface area contributed by atoms with E-state index in [1.807, 2.05) is 0 Å². The lowest BCUT2D eigenvalue weighted by Gasteiger charge is -2.04. The SMILES string of the molecule is Cc1cc(SC(=O)c2cccnc2)nc(SC(=O)c2cccnc2)n1. The van der Waals surface area contributed by atoms with Gasteiger partial charge in [0.2, 0.25) is 10.2 Å². The van der Waals surface area contributed by atoms with E-state index >= 15 is 0 Å². The summed E-state index contributed by atoms with van der Waals surface area (Å²) in [6.07, 6.45) is 6.20. The van der Waals surface area contributed by atoms with Crippen LogP contribution in [0, 0.1) is 6.92 Å². The van der Waals surface area contributed by atoms with Crippen LogP contribution >= 0.6 is 23.5 Å². The second-order valence-electron chi connectivity index (χ2n) is 4.89. The highest BCUT2D eigenvalue weighted by molar-refractivity contribution is 8.14. The molecule has 3 rings (SSSR count). The number of aromatic nitrogens is 4. The van der Waals surface area contributed by atoms with Crippen molar-refractivity contribution in [2.75, 3.05) is 0 Å². The van der Waals surface area contributed by atoms with Crippen molar-refractivity contribution in [3.8, 4) is 0 Å². The van der Waals surface area contributed by atoms with Gasteiger partial charge in [-0.25, -0.2) is 9.97 Å². The molecule has 0 aliphatic carbocycles. The molecule has 0 saturated carbocycles. The van der Waals surface area contributed by atoms with Gasteiger partial charge in [0.05, 0.1) is 0 Å². The molecule has 0 N–H and O–H groups in total. The Hall–Kier alpha value is -2.58. The third-order valence-corrected chi connectivity index (χ3v) is 4.61. The van der Waals surface area contributed by atoms with Crippen LogP contribution in [0.15, 0.2) is 65.3 Å². The minimum atomic E-state index is -0.201. The van der Waals surface area contributed by atoms with Crippen LogP contribution in [0.25, 0.3) is 0 Å². The monoisotopic (exact) mass is 368 g/mol. The molecule has 0 bridgehead atoms. The first-order valence-electron chi connectivity index (χ1n) is 7.22. The Kier molecular flexibility index (Phi) is 5.52. The van der Waals surface area contributed by atoms with Crippen LogP contribution in [0.2, 0.25) is 0 Å². The molecule has 6 nitrogen and oxygen atoms in total. The Morgan fingerprint density at radius 3 is 2.04 bits per heavy atom. The molecule has 0 unspecified atom stereocenters. The van der Waals surface area contributed by atoms with E-state index in [0.717, 1.165) is 23.5 Å². The predicted octanol–water partition coefficient (Wildman–Crippen LogP) is 3.44. The number of aryl methyl sites for hydroxylation is 1. The van der Waals surface area contributed by atoms with Crippen LogP contribution < -0.4 is 0 Å². The summed E-state index contributed by atoms with van der Waals surface area (Å²) in [5.41, 5.74) is 1.64. The summed E-state index contributed by atoms with van der Waals surface area (Å²) in [7, 11) is 0. The number of carbonyl (C=O) groups is 2. The van der Waals surface area contributed by atoms with E-state index in [9.17, 15) is 9.59 Å². The molecule has 124 valence electrons. The Balaban J connectivity index is 1.76. The molecule has 0 saturated heterocycles. The van der Waals surface area contributed by atoms with Gasteiger partial charge in [-0.05, 0) is 60.8 Å². The molecule has 3 aromatic rings. The minimum Gasteiger partial charge on any atom is -0.281 e. The van der Waals surface area contributed by atoms with Crippen molar-refractivity contribution in [2.45, 2.75) is 17.1 Å². The topological polar surface area (TPSA) is 85.7 Å². The lowest BCUT2D eigenvalue weighted by Crippen LogP contribution is -2.00.